The third-order valence-corrected chi connectivity index (χ3v) is 5.53. The summed E-state index contributed by atoms with van der Waals surface area (Å²) in [5.41, 5.74) is 3.19. The van der Waals surface area contributed by atoms with E-state index in [9.17, 15) is 4.79 Å². The summed E-state index contributed by atoms with van der Waals surface area (Å²) in [6.45, 7) is 0. The molecule has 1 aromatic heterocycles. The Morgan fingerprint density at radius 2 is 1.83 bits per heavy atom. The number of amides is 1. The molecule has 150 valence electrons. The minimum Gasteiger partial charge on any atom is -0.497 e. The van der Waals surface area contributed by atoms with Gasteiger partial charge in [0.15, 0.2) is 0 Å². The van der Waals surface area contributed by atoms with Crippen molar-refractivity contribution < 1.29 is 14.3 Å². The third kappa shape index (κ3) is 4.26. The number of hydrogen-bond acceptors (Lipinski definition) is 4. The van der Waals surface area contributed by atoms with Crippen molar-refractivity contribution in [1.29, 1.82) is 0 Å². The number of hydrogen-bond donors (Lipinski definition) is 2. The summed E-state index contributed by atoms with van der Waals surface area (Å²) < 4.78 is 10.6. The Hall–Kier alpha value is -3.28. The molecule has 2 aromatic carbocycles. The Morgan fingerprint density at radius 1 is 1.07 bits per heavy atom. The number of anilines is 1. The summed E-state index contributed by atoms with van der Waals surface area (Å²) >= 11 is 0. The molecule has 0 spiro atoms. The molecule has 0 bridgehead atoms. The Bertz CT molecular complexity index is 975. The molecule has 0 unspecified atom stereocenters. The Labute approximate surface area is 170 Å². The number of ether oxygens (including phenoxy) is 2. The summed E-state index contributed by atoms with van der Waals surface area (Å²) in [5, 5.41) is 10.2. The van der Waals surface area contributed by atoms with Crippen LogP contribution in [0.15, 0.2) is 54.6 Å². The number of H-pyrrole nitrogens is 1. The molecule has 0 radical (unpaired) electrons. The zero-order valence-corrected chi connectivity index (χ0v) is 16.6. The summed E-state index contributed by atoms with van der Waals surface area (Å²) in [6.07, 6.45) is 2.37. The van der Waals surface area contributed by atoms with Gasteiger partial charge in [-0.05, 0) is 48.1 Å². The van der Waals surface area contributed by atoms with Crippen LogP contribution in [0.4, 0.5) is 5.82 Å². The lowest BCUT2D eigenvalue weighted by Crippen LogP contribution is -2.21. The van der Waals surface area contributed by atoms with Crippen molar-refractivity contribution in [3.8, 4) is 11.5 Å². The quantitative estimate of drug-likeness (QED) is 0.631. The van der Waals surface area contributed by atoms with Crippen LogP contribution in [0.1, 0.15) is 41.5 Å². The average Bonchev–Trinajstić information content (AvgIpc) is 3.15. The van der Waals surface area contributed by atoms with E-state index in [0.717, 1.165) is 35.6 Å². The molecular formula is C23H25N3O3. The number of carbonyl (C=O) groups excluding carboxylic acids is 1. The minimum atomic E-state index is -0.0779. The molecule has 6 heteroatoms. The van der Waals surface area contributed by atoms with E-state index in [1.165, 1.54) is 5.56 Å². The monoisotopic (exact) mass is 391 g/mol. The van der Waals surface area contributed by atoms with E-state index in [0.29, 0.717) is 24.1 Å². The fraction of sp³-hybridized carbons (Fsp3) is 0.304. The van der Waals surface area contributed by atoms with Crippen molar-refractivity contribution >= 4 is 11.7 Å². The first-order valence-electron chi connectivity index (χ1n) is 9.77. The average molecular weight is 391 g/mol. The molecule has 1 aliphatic rings. The Morgan fingerprint density at radius 3 is 2.55 bits per heavy atom. The SMILES string of the molecule is COc1ccc(CC(=O)Nc2cc([C@H]3C[C@@H](c4ccccc4OC)C3)n[nH]2)cc1. The first-order chi connectivity index (χ1) is 14.2. The second-order valence-electron chi connectivity index (χ2n) is 7.39. The highest BCUT2D eigenvalue weighted by Crippen LogP contribution is 2.49. The number of para-hydroxylation sites is 1. The standard InChI is InChI=1S/C23H25N3O3/c1-28-18-9-7-15(8-10-18)11-23(27)24-22-14-20(25-26-22)17-12-16(13-17)19-5-3-4-6-21(19)29-2/h3-10,14,16-17H,11-13H2,1-2H3,(H2,24,25,26,27)/t16-,17+. The minimum absolute atomic E-state index is 0.0779. The predicted molar refractivity (Wildman–Crippen MR) is 112 cm³/mol. The molecule has 1 heterocycles. The van der Waals surface area contributed by atoms with E-state index < -0.39 is 0 Å². The zero-order chi connectivity index (χ0) is 20.2. The maximum atomic E-state index is 12.3. The number of rotatable bonds is 7. The van der Waals surface area contributed by atoms with Gasteiger partial charge in [0, 0.05) is 12.0 Å². The smallest absolute Gasteiger partial charge is 0.229 e. The maximum absolute atomic E-state index is 12.3. The highest BCUT2D eigenvalue weighted by Gasteiger charge is 2.34. The first-order valence-corrected chi connectivity index (χ1v) is 9.77. The van der Waals surface area contributed by atoms with Gasteiger partial charge in [0.25, 0.3) is 0 Å². The predicted octanol–water partition coefficient (Wildman–Crippen LogP) is 4.27. The van der Waals surface area contributed by atoms with Crippen LogP contribution in [0.5, 0.6) is 11.5 Å². The number of aromatic amines is 1. The zero-order valence-electron chi connectivity index (χ0n) is 16.6. The van der Waals surface area contributed by atoms with Crippen LogP contribution in [-0.2, 0) is 11.2 Å². The molecule has 0 aliphatic heterocycles. The van der Waals surface area contributed by atoms with E-state index >= 15 is 0 Å². The van der Waals surface area contributed by atoms with Crippen LogP contribution in [0.2, 0.25) is 0 Å². The molecule has 1 aliphatic carbocycles. The van der Waals surface area contributed by atoms with Crippen molar-refractivity contribution in [2.45, 2.75) is 31.1 Å². The van der Waals surface area contributed by atoms with Crippen molar-refractivity contribution in [1.82, 2.24) is 10.2 Å². The van der Waals surface area contributed by atoms with Gasteiger partial charge in [-0.3, -0.25) is 9.89 Å². The normalized spacial score (nSPS) is 18.0. The van der Waals surface area contributed by atoms with E-state index in [1.54, 1.807) is 14.2 Å². The molecule has 0 atom stereocenters. The number of methoxy groups -OCH3 is 2. The van der Waals surface area contributed by atoms with Gasteiger partial charge < -0.3 is 14.8 Å². The molecule has 0 saturated heterocycles. The van der Waals surface area contributed by atoms with Gasteiger partial charge >= 0.3 is 0 Å². The number of benzene rings is 2. The Balaban J connectivity index is 1.31. The molecule has 1 fully saturated rings. The number of nitrogens with zero attached hydrogens (tertiary/aromatic N) is 1. The van der Waals surface area contributed by atoms with Gasteiger partial charge in [-0.25, -0.2) is 0 Å². The van der Waals surface area contributed by atoms with E-state index in [4.69, 9.17) is 9.47 Å². The number of nitrogens with one attached hydrogen (secondary N) is 2. The first kappa shape index (κ1) is 19.1. The van der Waals surface area contributed by atoms with Crippen LogP contribution in [-0.4, -0.2) is 30.3 Å². The number of carbonyl (C=O) groups is 1. The van der Waals surface area contributed by atoms with Gasteiger partial charge in [0.05, 0.1) is 26.3 Å². The molecule has 29 heavy (non-hydrogen) atoms. The summed E-state index contributed by atoms with van der Waals surface area (Å²) in [7, 11) is 3.34. The number of aromatic nitrogens is 2. The topological polar surface area (TPSA) is 76.2 Å². The van der Waals surface area contributed by atoms with E-state index in [1.807, 2.05) is 42.5 Å². The lowest BCUT2D eigenvalue weighted by Gasteiger charge is -2.35. The van der Waals surface area contributed by atoms with Gasteiger partial charge in [0.2, 0.25) is 5.91 Å². The van der Waals surface area contributed by atoms with Crippen LogP contribution in [0.25, 0.3) is 0 Å². The second kappa shape index (κ2) is 8.39. The van der Waals surface area contributed by atoms with E-state index in [2.05, 4.69) is 27.6 Å². The van der Waals surface area contributed by atoms with Crippen LogP contribution in [0.3, 0.4) is 0 Å². The van der Waals surface area contributed by atoms with Gasteiger partial charge in [-0.1, -0.05) is 30.3 Å². The highest BCUT2D eigenvalue weighted by atomic mass is 16.5. The lowest BCUT2D eigenvalue weighted by molar-refractivity contribution is -0.115. The molecule has 2 N–H and O–H groups in total. The molecule has 6 nitrogen and oxygen atoms in total. The van der Waals surface area contributed by atoms with E-state index in [-0.39, 0.29) is 5.91 Å². The largest absolute Gasteiger partial charge is 0.497 e. The van der Waals surface area contributed by atoms with Crippen molar-refractivity contribution in [2.24, 2.45) is 0 Å². The van der Waals surface area contributed by atoms with Crippen molar-refractivity contribution in [3.05, 3.63) is 71.4 Å². The van der Waals surface area contributed by atoms with Crippen LogP contribution < -0.4 is 14.8 Å². The molecular weight excluding hydrogens is 366 g/mol. The highest BCUT2D eigenvalue weighted by molar-refractivity contribution is 5.91. The molecule has 4 rings (SSSR count). The molecule has 1 amide bonds. The van der Waals surface area contributed by atoms with Gasteiger partial charge in [-0.2, -0.15) is 5.10 Å². The molecule has 3 aromatic rings. The van der Waals surface area contributed by atoms with Crippen LogP contribution >= 0.6 is 0 Å². The fourth-order valence-electron chi connectivity index (χ4n) is 3.85. The fourth-order valence-corrected chi connectivity index (χ4v) is 3.85. The summed E-state index contributed by atoms with van der Waals surface area (Å²) in [4.78, 5) is 12.3. The second-order valence-corrected chi connectivity index (χ2v) is 7.39. The van der Waals surface area contributed by atoms with Crippen LogP contribution in [0, 0.1) is 0 Å². The lowest BCUT2D eigenvalue weighted by atomic mass is 9.70. The Kier molecular flexibility index (Phi) is 5.51. The van der Waals surface area contributed by atoms with Crippen molar-refractivity contribution in [3.63, 3.8) is 0 Å². The maximum Gasteiger partial charge on any atom is 0.229 e. The third-order valence-electron chi connectivity index (χ3n) is 5.53. The summed E-state index contributed by atoms with van der Waals surface area (Å²) in [6, 6.07) is 17.6. The van der Waals surface area contributed by atoms with Crippen molar-refractivity contribution in [2.75, 3.05) is 19.5 Å². The molecule has 1 saturated carbocycles. The van der Waals surface area contributed by atoms with Gasteiger partial charge in [-0.15, -0.1) is 0 Å². The summed E-state index contributed by atoms with van der Waals surface area (Å²) in [5.74, 6) is 3.17. The van der Waals surface area contributed by atoms with Gasteiger partial charge in [0.1, 0.15) is 17.3 Å².